The fourth-order valence-corrected chi connectivity index (χ4v) is 3.49. The van der Waals surface area contributed by atoms with Crippen LogP contribution in [-0.2, 0) is 4.74 Å². The van der Waals surface area contributed by atoms with Crippen LogP contribution in [0, 0.1) is 6.92 Å². The van der Waals surface area contributed by atoms with Crippen LogP contribution in [-0.4, -0.2) is 18.3 Å². The molecule has 1 aromatic carbocycles. The third-order valence-electron chi connectivity index (χ3n) is 4.41. The minimum atomic E-state index is 0.107. The largest absolute Gasteiger partial charge is 0.490 e. The average molecular weight is 281 g/mol. The van der Waals surface area contributed by atoms with Crippen molar-refractivity contribution in [3.8, 4) is 5.75 Å². The smallest absolute Gasteiger partial charge is 0.124 e. The van der Waals surface area contributed by atoms with Crippen LogP contribution in [0.3, 0.4) is 0 Å². The molecule has 104 valence electrons. The van der Waals surface area contributed by atoms with Gasteiger partial charge in [-0.15, -0.1) is 0 Å². The molecule has 2 fully saturated rings. The number of hydrogen-bond acceptors (Lipinski definition) is 2. The molecule has 3 rings (SSSR count). The Morgan fingerprint density at radius 3 is 2.89 bits per heavy atom. The first-order valence-electron chi connectivity index (χ1n) is 7.24. The fourth-order valence-electron chi connectivity index (χ4n) is 3.33. The molecule has 1 spiro atoms. The van der Waals surface area contributed by atoms with Crippen LogP contribution in [0.15, 0.2) is 18.2 Å². The van der Waals surface area contributed by atoms with Gasteiger partial charge in [0, 0.05) is 17.9 Å². The SMILES string of the molecule is Cc1ccc(Cl)cc1OC1CCOC2(CCCC2)C1. The molecule has 0 radical (unpaired) electrons. The summed E-state index contributed by atoms with van der Waals surface area (Å²) in [4.78, 5) is 0. The lowest BCUT2D eigenvalue weighted by molar-refractivity contribution is -0.108. The van der Waals surface area contributed by atoms with E-state index in [0.717, 1.165) is 35.8 Å². The zero-order valence-corrected chi connectivity index (χ0v) is 12.2. The maximum absolute atomic E-state index is 6.19. The van der Waals surface area contributed by atoms with Gasteiger partial charge in [0.25, 0.3) is 0 Å². The maximum atomic E-state index is 6.19. The Bertz CT molecular complexity index is 452. The normalized spacial score (nSPS) is 25.7. The minimum absolute atomic E-state index is 0.107. The highest BCUT2D eigenvalue weighted by molar-refractivity contribution is 6.30. The molecule has 0 aromatic heterocycles. The number of benzene rings is 1. The monoisotopic (exact) mass is 280 g/mol. The van der Waals surface area contributed by atoms with E-state index in [2.05, 4.69) is 6.92 Å². The molecule has 1 aromatic rings. The van der Waals surface area contributed by atoms with Crippen molar-refractivity contribution >= 4 is 11.6 Å². The predicted octanol–water partition coefficient (Wildman–Crippen LogP) is 4.52. The summed E-state index contributed by atoms with van der Waals surface area (Å²) >= 11 is 6.05. The number of halogens is 1. The molecular formula is C16H21ClO2. The number of ether oxygens (including phenoxy) is 2. The lowest BCUT2D eigenvalue weighted by atomic mass is 9.90. The molecular weight excluding hydrogens is 260 g/mol. The van der Waals surface area contributed by atoms with Crippen LogP contribution in [0.2, 0.25) is 5.02 Å². The second-order valence-corrected chi connectivity index (χ2v) is 6.32. The van der Waals surface area contributed by atoms with Crippen molar-refractivity contribution in [2.75, 3.05) is 6.61 Å². The Labute approximate surface area is 120 Å². The highest BCUT2D eigenvalue weighted by Gasteiger charge is 2.40. The van der Waals surface area contributed by atoms with E-state index in [9.17, 15) is 0 Å². The predicted molar refractivity (Wildman–Crippen MR) is 77.0 cm³/mol. The van der Waals surface area contributed by atoms with Gasteiger partial charge in [-0.2, -0.15) is 0 Å². The summed E-state index contributed by atoms with van der Waals surface area (Å²) in [5.41, 5.74) is 1.26. The molecule has 1 heterocycles. The van der Waals surface area contributed by atoms with E-state index >= 15 is 0 Å². The van der Waals surface area contributed by atoms with E-state index in [1.165, 1.54) is 25.7 Å². The summed E-state index contributed by atoms with van der Waals surface area (Å²) in [6.07, 6.45) is 7.25. The molecule has 19 heavy (non-hydrogen) atoms. The first-order chi connectivity index (χ1) is 9.17. The lowest BCUT2D eigenvalue weighted by Crippen LogP contribution is -2.41. The third-order valence-corrected chi connectivity index (χ3v) is 4.64. The molecule has 0 amide bonds. The van der Waals surface area contributed by atoms with E-state index in [-0.39, 0.29) is 11.7 Å². The Balaban J connectivity index is 1.70. The van der Waals surface area contributed by atoms with E-state index in [1.807, 2.05) is 18.2 Å². The standard InChI is InChI=1S/C16H21ClO2/c1-12-4-5-13(17)10-15(12)19-14-6-9-18-16(11-14)7-2-3-8-16/h4-5,10,14H,2-3,6-9,11H2,1H3. The third kappa shape index (κ3) is 2.90. The van der Waals surface area contributed by atoms with E-state index in [4.69, 9.17) is 21.1 Å². The van der Waals surface area contributed by atoms with Gasteiger partial charge >= 0.3 is 0 Å². The van der Waals surface area contributed by atoms with E-state index in [1.54, 1.807) is 0 Å². The van der Waals surface area contributed by atoms with Crippen molar-refractivity contribution in [3.63, 3.8) is 0 Å². The van der Waals surface area contributed by atoms with Crippen molar-refractivity contribution in [2.45, 2.75) is 57.2 Å². The fraction of sp³-hybridized carbons (Fsp3) is 0.625. The molecule has 2 nitrogen and oxygen atoms in total. The van der Waals surface area contributed by atoms with Gasteiger partial charge in [-0.1, -0.05) is 30.5 Å². The zero-order chi connectivity index (χ0) is 13.3. The molecule has 1 unspecified atom stereocenters. The summed E-state index contributed by atoms with van der Waals surface area (Å²) in [5, 5.41) is 0.739. The van der Waals surface area contributed by atoms with Gasteiger partial charge in [-0.05, 0) is 37.5 Å². The van der Waals surface area contributed by atoms with Gasteiger partial charge in [0.1, 0.15) is 11.9 Å². The van der Waals surface area contributed by atoms with Crippen LogP contribution in [0.4, 0.5) is 0 Å². The van der Waals surface area contributed by atoms with Gasteiger partial charge < -0.3 is 9.47 Å². The number of rotatable bonds is 2. The second-order valence-electron chi connectivity index (χ2n) is 5.88. The lowest BCUT2D eigenvalue weighted by Gasteiger charge is -2.38. The zero-order valence-electron chi connectivity index (χ0n) is 11.5. The van der Waals surface area contributed by atoms with Crippen LogP contribution in [0.5, 0.6) is 5.75 Å². The van der Waals surface area contributed by atoms with Gasteiger partial charge in [0.2, 0.25) is 0 Å². The van der Waals surface area contributed by atoms with Gasteiger partial charge in [-0.3, -0.25) is 0 Å². The second kappa shape index (κ2) is 5.34. The van der Waals surface area contributed by atoms with Crippen LogP contribution < -0.4 is 4.74 Å². The van der Waals surface area contributed by atoms with Crippen LogP contribution in [0.1, 0.15) is 44.1 Å². The Morgan fingerprint density at radius 2 is 2.11 bits per heavy atom. The molecule has 1 saturated carbocycles. The quantitative estimate of drug-likeness (QED) is 0.793. The highest BCUT2D eigenvalue weighted by Crippen LogP contribution is 2.41. The molecule has 2 aliphatic rings. The average Bonchev–Trinajstić information content (AvgIpc) is 2.82. The Hall–Kier alpha value is -0.730. The van der Waals surface area contributed by atoms with Crippen molar-refractivity contribution in [3.05, 3.63) is 28.8 Å². The maximum Gasteiger partial charge on any atom is 0.124 e. The Morgan fingerprint density at radius 1 is 1.32 bits per heavy atom. The molecule has 1 aliphatic carbocycles. The van der Waals surface area contributed by atoms with Crippen molar-refractivity contribution in [1.29, 1.82) is 0 Å². The van der Waals surface area contributed by atoms with Crippen molar-refractivity contribution < 1.29 is 9.47 Å². The summed E-state index contributed by atoms with van der Waals surface area (Å²) in [5.74, 6) is 0.924. The molecule has 1 atom stereocenters. The van der Waals surface area contributed by atoms with Gasteiger partial charge in [0.05, 0.1) is 12.2 Å². The highest BCUT2D eigenvalue weighted by atomic mass is 35.5. The Kier molecular flexibility index (Phi) is 3.72. The summed E-state index contributed by atoms with van der Waals surface area (Å²) in [6.45, 7) is 2.89. The summed E-state index contributed by atoms with van der Waals surface area (Å²) in [7, 11) is 0. The van der Waals surface area contributed by atoms with Crippen LogP contribution >= 0.6 is 11.6 Å². The molecule has 0 N–H and O–H groups in total. The van der Waals surface area contributed by atoms with Gasteiger partial charge in [0.15, 0.2) is 0 Å². The topological polar surface area (TPSA) is 18.5 Å². The molecule has 3 heteroatoms. The number of aryl methyl sites for hydroxylation is 1. The summed E-state index contributed by atoms with van der Waals surface area (Å²) < 4.78 is 12.2. The first kappa shape index (κ1) is 13.3. The molecule has 1 saturated heterocycles. The summed E-state index contributed by atoms with van der Waals surface area (Å²) in [6, 6.07) is 5.85. The van der Waals surface area contributed by atoms with E-state index in [0.29, 0.717) is 0 Å². The molecule has 0 bridgehead atoms. The van der Waals surface area contributed by atoms with Gasteiger partial charge in [-0.25, -0.2) is 0 Å². The van der Waals surface area contributed by atoms with Crippen molar-refractivity contribution in [2.24, 2.45) is 0 Å². The minimum Gasteiger partial charge on any atom is -0.490 e. The van der Waals surface area contributed by atoms with Crippen LogP contribution in [0.25, 0.3) is 0 Å². The van der Waals surface area contributed by atoms with Crippen molar-refractivity contribution in [1.82, 2.24) is 0 Å². The molecule has 1 aliphatic heterocycles. The van der Waals surface area contributed by atoms with E-state index < -0.39 is 0 Å². The number of hydrogen-bond donors (Lipinski definition) is 0. The first-order valence-corrected chi connectivity index (χ1v) is 7.61.